The highest BCUT2D eigenvalue weighted by Gasteiger charge is 2.33. The lowest BCUT2D eigenvalue weighted by Crippen LogP contribution is -2.45. The predicted octanol–water partition coefficient (Wildman–Crippen LogP) is 3.32. The van der Waals surface area contributed by atoms with Crippen LogP contribution in [0.15, 0.2) is 10.4 Å². The summed E-state index contributed by atoms with van der Waals surface area (Å²) in [6, 6.07) is 0.603. The Labute approximate surface area is 167 Å². The van der Waals surface area contributed by atoms with E-state index in [0.717, 1.165) is 36.4 Å². The fourth-order valence-electron chi connectivity index (χ4n) is 2.71. The van der Waals surface area contributed by atoms with Crippen LogP contribution in [0.1, 0.15) is 36.9 Å². The number of piperidine rings is 1. The van der Waals surface area contributed by atoms with E-state index >= 15 is 0 Å². The summed E-state index contributed by atoms with van der Waals surface area (Å²) in [4.78, 5) is 10.1. The van der Waals surface area contributed by atoms with Crippen molar-refractivity contribution >= 4 is 41.3 Å². The van der Waals surface area contributed by atoms with Crippen molar-refractivity contribution in [2.45, 2.75) is 44.9 Å². The highest BCUT2D eigenvalue weighted by atomic mass is 127. The van der Waals surface area contributed by atoms with Gasteiger partial charge in [0, 0.05) is 31.6 Å². The topological polar surface area (TPSA) is 52.6 Å². The maximum absolute atomic E-state index is 12.5. The Hall–Kier alpha value is -0.620. The summed E-state index contributed by atoms with van der Waals surface area (Å²) in [6.07, 6.45) is -0.622. The molecule has 1 atom stereocenters. The van der Waals surface area contributed by atoms with E-state index in [9.17, 15) is 13.2 Å². The van der Waals surface area contributed by atoms with Crippen LogP contribution in [0.25, 0.3) is 0 Å². The fourth-order valence-corrected chi connectivity index (χ4v) is 3.45. The van der Waals surface area contributed by atoms with Crippen molar-refractivity contribution in [3.05, 3.63) is 16.1 Å². The quantitative estimate of drug-likeness (QED) is 0.377. The van der Waals surface area contributed by atoms with Crippen LogP contribution in [0.4, 0.5) is 13.2 Å². The largest absolute Gasteiger partial charge is 0.434 e. The minimum absolute atomic E-state index is 0. The Balaban J connectivity index is 0.00000312. The fraction of sp³-hybridized carbons (Fsp3) is 0.733. The summed E-state index contributed by atoms with van der Waals surface area (Å²) < 4.78 is 37.6. The van der Waals surface area contributed by atoms with Crippen LogP contribution in [0, 0.1) is 0 Å². The smallest absolute Gasteiger partial charge is 0.355 e. The minimum Gasteiger partial charge on any atom is -0.355 e. The zero-order chi connectivity index (χ0) is 17.6. The van der Waals surface area contributed by atoms with Gasteiger partial charge in [0.15, 0.2) is 11.7 Å². The lowest BCUT2D eigenvalue weighted by molar-refractivity contribution is -0.140. The summed E-state index contributed by atoms with van der Waals surface area (Å²) in [7, 11) is 1.64. The van der Waals surface area contributed by atoms with Crippen molar-refractivity contribution in [1.82, 2.24) is 20.5 Å². The molecule has 1 aliphatic heterocycles. The molecule has 2 heterocycles. The summed E-state index contributed by atoms with van der Waals surface area (Å²) in [5.41, 5.74) is -0.841. The molecule has 1 aliphatic rings. The molecule has 2 rings (SSSR count). The third kappa shape index (κ3) is 7.26. The molecule has 144 valence electrons. The van der Waals surface area contributed by atoms with Crippen LogP contribution in [0.3, 0.4) is 0 Å². The van der Waals surface area contributed by atoms with E-state index < -0.39 is 11.9 Å². The van der Waals surface area contributed by atoms with Crippen molar-refractivity contribution in [2.75, 3.05) is 26.7 Å². The third-order valence-corrected chi connectivity index (χ3v) is 4.95. The van der Waals surface area contributed by atoms with Crippen LogP contribution >= 0.6 is 35.3 Å². The maximum atomic E-state index is 12.5. The molecule has 5 nitrogen and oxygen atoms in total. The highest BCUT2D eigenvalue weighted by Crippen LogP contribution is 2.29. The number of nitrogens with one attached hydrogen (secondary N) is 2. The maximum Gasteiger partial charge on any atom is 0.434 e. The summed E-state index contributed by atoms with van der Waals surface area (Å²) >= 11 is 0.991. The normalized spacial score (nSPS) is 19.4. The molecule has 1 aromatic heterocycles. The molecule has 1 aromatic rings. The van der Waals surface area contributed by atoms with E-state index in [0.29, 0.717) is 17.0 Å². The van der Waals surface area contributed by atoms with Gasteiger partial charge in [0.2, 0.25) is 0 Å². The Bertz CT molecular complexity index is 550. The molecular formula is C15H25F3IN5S. The van der Waals surface area contributed by atoms with Crippen molar-refractivity contribution in [3.63, 3.8) is 0 Å². The van der Waals surface area contributed by atoms with Crippen LogP contribution in [0.2, 0.25) is 0 Å². The van der Waals surface area contributed by atoms with E-state index in [1.54, 1.807) is 7.05 Å². The molecule has 0 aliphatic carbocycles. The number of aromatic nitrogens is 1. The first kappa shape index (κ1) is 22.4. The molecule has 10 heteroatoms. The van der Waals surface area contributed by atoms with Crippen molar-refractivity contribution in [1.29, 1.82) is 0 Å². The average molecular weight is 491 g/mol. The van der Waals surface area contributed by atoms with Crippen LogP contribution in [-0.4, -0.2) is 48.6 Å². The number of rotatable bonds is 5. The van der Waals surface area contributed by atoms with Gasteiger partial charge in [-0.3, -0.25) is 9.89 Å². The summed E-state index contributed by atoms with van der Waals surface area (Å²) in [5, 5.41) is 7.61. The van der Waals surface area contributed by atoms with Crippen molar-refractivity contribution < 1.29 is 13.2 Å². The van der Waals surface area contributed by atoms with Crippen LogP contribution in [0.5, 0.6) is 0 Å². The molecule has 1 unspecified atom stereocenters. The molecule has 0 saturated carbocycles. The van der Waals surface area contributed by atoms with Gasteiger partial charge in [0.05, 0.1) is 6.54 Å². The molecule has 0 amide bonds. The number of hydrogen-bond donors (Lipinski definition) is 2. The first-order valence-corrected chi connectivity index (χ1v) is 8.98. The number of nitrogens with zero attached hydrogens (tertiary/aromatic N) is 3. The summed E-state index contributed by atoms with van der Waals surface area (Å²) in [6.45, 7) is 5.26. The van der Waals surface area contributed by atoms with E-state index in [4.69, 9.17) is 0 Å². The first-order valence-electron chi connectivity index (χ1n) is 8.10. The average Bonchev–Trinajstić information content (AvgIpc) is 3.01. The van der Waals surface area contributed by atoms with Gasteiger partial charge in [0.25, 0.3) is 0 Å². The van der Waals surface area contributed by atoms with Crippen LogP contribution in [-0.2, 0) is 12.7 Å². The Morgan fingerprint density at radius 1 is 1.40 bits per heavy atom. The number of alkyl halides is 3. The standard InChI is InChI=1S/C15H24F3N5S.HI/c1-11-5-3-4-7-23(11)8-6-20-14(19-2)21-9-13-22-12(10-24-13)15(16,17)18;/h10-11H,3-9H2,1-2H3,(H2,19,20,21);1H. The van der Waals surface area contributed by atoms with Gasteiger partial charge in [0.1, 0.15) is 5.01 Å². The number of hydrogen-bond acceptors (Lipinski definition) is 4. The Kier molecular flexibility index (Phi) is 9.43. The van der Waals surface area contributed by atoms with Gasteiger partial charge in [-0.05, 0) is 26.3 Å². The zero-order valence-electron chi connectivity index (χ0n) is 14.4. The Morgan fingerprint density at radius 2 is 2.16 bits per heavy atom. The third-order valence-electron chi connectivity index (χ3n) is 4.10. The lowest BCUT2D eigenvalue weighted by atomic mass is 10.0. The highest BCUT2D eigenvalue weighted by molar-refractivity contribution is 14.0. The molecular weight excluding hydrogens is 466 g/mol. The van der Waals surface area contributed by atoms with E-state index in [-0.39, 0.29) is 30.5 Å². The first-order chi connectivity index (χ1) is 11.4. The number of likely N-dealkylation sites (tertiary alicyclic amines) is 1. The minimum atomic E-state index is -4.39. The van der Waals surface area contributed by atoms with E-state index in [2.05, 4.69) is 32.4 Å². The van der Waals surface area contributed by atoms with Gasteiger partial charge in [-0.15, -0.1) is 35.3 Å². The molecule has 0 aromatic carbocycles. The molecule has 0 bridgehead atoms. The zero-order valence-corrected chi connectivity index (χ0v) is 17.5. The predicted molar refractivity (Wildman–Crippen MR) is 106 cm³/mol. The molecule has 2 N–H and O–H groups in total. The number of thiazole rings is 1. The van der Waals surface area contributed by atoms with Gasteiger partial charge in [-0.2, -0.15) is 13.2 Å². The Morgan fingerprint density at radius 3 is 2.76 bits per heavy atom. The summed E-state index contributed by atoms with van der Waals surface area (Å²) in [5.74, 6) is 0.573. The second-order valence-corrected chi connectivity index (χ2v) is 6.80. The molecule has 25 heavy (non-hydrogen) atoms. The molecule has 0 radical (unpaired) electrons. The lowest BCUT2D eigenvalue weighted by Gasteiger charge is -2.33. The van der Waals surface area contributed by atoms with Gasteiger partial charge < -0.3 is 10.6 Å². The number of aliphatic imine (C=N–C) groups is 1. The molecule has 1 fully saturated rings. The van der Waals surface area contributed by atoms with Gasteiger partial charge >= 0.3 is 6.18 Å². The van der Waals surface area contributed by atoms with Gasteiger partial charge in [-0.1, -0.05) is 6.42 Å². The second kappa shape index (κ2) is 10.5. The van der Waals surface area contributed by atoms with E-state index in [1.807, 2.05) is 0 Å². The molecule has 0 spiro atoms. The number of guanidine groups is 1. The SMILES string of the molecule is CN=C(NCCN1CCCCC1C)NCc1nc(C(F)(F)F)cs1.I. The van der Waals surface area contributed by atoms with Crippen molar-refractivity contribution in [2.24, 2.45) is 4.99 Å². The van der Waals surface area contributed by atoms with Crippen molar-refractivity contribution in [3.8, 4) is 0 Å². The van der Waals surface area contributed by atoms with E-state index in [1.165, 1.54) is 19.3 Å². The number of halogens is 4. The second-order valence-electron chi connectivity index (χ2n) is 5.86. The monoisotopic (exact) mass is 491 g/mol. The molecule has 1 saturated heterocycles. The van der Waals surface area contributed by atoms with Gasteiger partial charge in [-0.25, -0.2) is 4.98 Å². The van der Waals surface area contributed by atoms with Crippen LogP contribution < -0.4 is 10.6 Å².